The van der Waals surface area contributed by atoms with Crippen LogP contribution < -0.4 is 10.5 Å². The lowest BCUT2D eigenvalue weighted by atomic mass is 10.2. The van der Waals surface area contributed by atoms with E-state index in [0.29, 0.717) is 23.5 Å². The Hall–Kier alpha value is -1.99. The second-order valence-corrected chi connectivity index (χ2v) is 3.53. The van der Waals surface area contributed by atoms with E-state index in [-0.39, 0.29) is 25.6 Å². The molecule has 0 fully saturated rings. The number of benzene rings is 1. The third kappa shape index (κ3) is 4.01. The van der Waals surface area contributed by atoms with Crippen molar-refractivity contribution in [2.24, 2.45) is 5.73 Å². The predicted octanol–water partition coefficient (Wildman–Crippen LogP) is 1.48. The summed E-state index contributed by atoms with van der Waals surface area (Å²) in [5, 5.41) is 13.4. The van der Waals surface area contributed by atoms with Gasteiger partial charge in [-0.05, 0) is 34.7 Å². The fourth-order valence-electron chi connectivity index (χ4n) is 1.30. The lowest BCUT2D eigenvalue weighted by Crippen LogP contribution is -2.10. The zero-order valence-electron chi connectivity index (χ0n) is 9.91. The predicted molar refractivity (Wildman–Crippen MR) is 70.6 cm³/mol. The molecule has 0 aliphatic rings. The zero-order valence-corrected chi connectivity index (χ0v) is 10.7. The Morgan fingerprint density at radius 3 is 2.63 bits per heavy atom. The molecule has 8 heteroatoms. The van der Waals surface area contributed by atoms with Gasteiger partial charge in [0.1, 0.15) is 12.4 Å². The summed E-state index contributed by atoms with van der Waals surface area (Å²) in [4.78, 5) is 0. The number of rotatable bonds is 5. The number of nitrogens with two attached hydrogens (primary N) is 1. The van der Waals surface area contributed by atoms with Crippen LogP contribution in [0.15, 0.2) is 36.2 Å². The fourth-order valence-corrected chi connectivity index (χ4v) is 1.30. The number of halogens is 2. The molecule has 6 nitrogen and oxygen atoms in total. The molecule has 0 atom stereocenters. The second kappa shape index (κ2) is 7.45. The summed E-state index contributed by atoms with van der Waals surface area (Å²) in [7, 11) is 0. The SMILES string of the molecule is Cl.NC/C(=C\F)COc1ccc(-c2nnn[nH]2)cc1. The number of aromatic amines is 1. The van der Waals surface area contributed by atoms with Gasteiger partial charge in [-0.25, -0.2) is 9.49 Å². The minimum atomic E-state index is 0. The molecule has 1 aromatic heterocycles. The van der Waals surface area contributed by atoms with Crippen LogP contribution in [0.3, 0.4) is 0 Å². The first-order chi connectivity index (χ1) is 8.83. The molecule has 19 heavy (non-hydrogen) atoms. The topological polar surface area (TPSA) is 89.7 Å². The lowest BCUT2D eigenvalue weighted by molar-refractivity contribution is 0.347. The van der Waals surface area contributed by atoms with E-state index in [1.807, 2.05) is 0 Å². The van der Waals surface area contributed by atoms with Gasteiger partial charge in [-0.2, -0.15) is 0 Å². The van der Waals surface area contributed by atoms with Crippen LogP contribution in [-0.4, -0.2) is 33.8 Å². The highest BCUT2D eigenvalue weighted by molar-refractivity contribution is 5.85. The Labute approximate surface area is 115 Å². The minimum absolute atomic E-state index is 0. The highest BCUT2D eigenvalue weighted by atomic mass is 35.5. The quantitative estimate of drug-likeness (QED) is 0.868. The van der Waals surface area contributed by atoms with Gasteiger partial charge in [-0.3, -0.25) is 0 Å². The summed E-state index contributed by atoms with van der Waals surface area (Å²) >= 11 is 0. The lowest BCUT2D eigenvalue weighted by Gasteiger charge is -2.07. The molecule has 0 saturated heterocycles. The summed E-state index contributed by atoms with van der Waals surface area (Å²) in [5.41, 5.74) is 6.56. The van der Waals surface area contributed by atoms with Crippen molar-refractivity contribution in [3.63, 3.8) is 0 Å². The van der Waals surface area contributed by atoms with E-state index < -0.39 is 0 Å². The van der Waals surface area contributed by atoms with E-state index >= 15 is 0 Å². The van der Waals surface area contributed by atoms with Crippen molar-refractivity contribution in [1.29, 1.82) is 0 Å². The van der Waals surface area contributed by atoms with Crippen LogP contribution in [0.4, 0.5) is 4.39 Å². The van der Waals surface area contributed by atoms with E-state index in [0.717, 1.165) is 5.56 Å². The van der Waals surface area contributed by atoms with Crippen LogP contribution in [0, 0.1) is 0 Å². The number of hydrogen-bond donors (Lipinski definition) is 2. The Bertz CT molecular complexity index is 514. The second-order valence-electron chi connectivity index (χ2n) is 3.53. The minimum Gasteiger partial charge on any atom is -0.489 e. The molecular formula is C11H13ClFN5O. The normalized spacial score (nSPS) is 10.9. The van der Waals surface area contributed by atoms with Crippen molar-refractivity contribution in [2.45, 2.75) is 0 Å². The Morgan fingerprint density at radius 2 is 2.11 bits per heavy atom. The Balaban J connectivity index is 0.00000180. The van der Waals surface area contributed by atoms with Crippen molar-refractivity contribution >= 4 is 12.4 Å². The Morgan fingerprint density at radius 1 is 1.37 bits per heavy atom. The highest BCUT2D eigenvalue weighted by Crippen LogP contribution is 2.18. The molecule has 1 heterocycles. The van der Waals surface area contributed by atoms with Crippen molar-refractivity contribution in [3.8, 4) is 17.1 Å². The van der Waals surface area contributed by atoms with Crippen molar-refractivity contribution in [3.05, 3.63) is 36.2 Å². The van der Waals surface area contributed by atoms with Gasteiger partial charge in [0.2, 0.25) is 0 Å². The number of hydrogen-bond acceptors (Lipinski definition) is 5. The van der Waals surface area contributed by atoms with Gasteiger partial charge in [-0.1, -0.05) is 0 Å². The Kier molecular flexibility index (Phi) is 5.91. The molecule has 0 amide bonds. The maximum atomic E-state index is 12.3. The molecule has 1 aromatic carbocycles. The molecule has 102 valence electrons. The van der Waals surface area contributed by atoms with Gasteiger partial charge in [-0.15, -0.1) is 17.5 Å². The maximum absolute atomic E-state index is 12.3. The van der Waals surface area contributed by atoms with Gasteiger partial charge >= 0.3 is 0 Å². The van der Waals surface area contributed by atoms with Crippen molar-refractivity contribution < 1.29 is 9.13 Å². The fraction of sp³-hybridized carbons (Fsp3) is 0.182. The van der Waals surface area contributed by atoms with Crippen LogP contribution in [0.25, 0.3) is 11.4 Å². The van der Waals surface area contributed by atoms with Crippen LogP contribution >= 0.6 is 12.4 Å². The summed E-state index contributed by atoms with van der Waals surface area (Å²) in [5.74, 6) is 1.20. The van der Waals surface area contributed by atoms with Crippen molar-refractivity contribution in [1.82, 2.24) is 20.6 Å². The van der Waals surface area contributed by atoms with Crippen LogP contribution in [-0.2, 0) is 0 Å². The maximum Gasteiger partial charge on any atom is 0.179 e. The number of nitrogens with zero attached hydrogens (tertiary/aromatic N) is 3. The van der Waals surface area contributed by atoms with Gasteiger partial charge in [0.05, 0.1) is 6.33 Å². The van der Waals surface area contributed by atoms with Gasteiger partial charge in [0.25, 0.3) is 0 Å². The zero-order chi connectivity index (χ0) is 12.8. The van der Waals surface area contributed by atoms with Crippen molar-refractivity contribution in [2.75, 3.05) is 13.2 Å². The molecular weight excluding hydrogens is 273 g/mol. The van der Waals surface area contributed by atoms with Gasteiger partial charge in [0.15, 0.2) is 5.82 Å². The largest absolute Gasteiger partial charge is 0.489 e. The number of ether oxygens (including phenoxy) is 1. The molecule has 0 bridgehead atoms. The number of H-pyrrole nitrogens is 1. The molecule has 0 unspecified atom stereocenters. The van der Waals surface area contributed by atoms with Crippen LogP contribution in [0.1, 0.15) is 0 Å². The van der Waals surface area contributed by atoms with E-state index in [9.17, 15) is 4.39 Å². The standard InChI is InChI=1S/C11H12FN5O.ClH/c12-5-8(6-13)7-18-10-3-1-9(2-4-10)11-14-16-17-15-11;/h1-5H,6-7,13H2,(H,14,15,16,17);1H/b8-5+;. The smallest absolute Gasteiger partial charge is 0.179 e. The van der Waals surface area contributed by atoms with E-state index in [4.69, 9.17) is 10.5 Å². The average molecular weight is 286 g/mol. The summed E-state index contributed by atoms with van der Waals surface area (Å²) in [6.07, 6.45) is 0.467. The number of nitrogens with one attached hydrogen (secondary N) is 1. The van der Waals surface area contributed by atoms with Crippen LogP contribution in [0.2, 0.25) is 0 Å². The molecule has 0 radical (unpaired) electrons. The highest BCUT2D eigenvalue weighted by Gasteiger charge is 2.02. The first-order valence-electron chi connectivity index (χ1n) is 5.28. The third-order valence-electron chi connectivity index (χ3n) is 2.31. The molecule has 3 N–H and O–H groups in total. The third-order valence-corrected chi connectivity index (χ3v) is 2.31. The van der Waals surface area contributed by atoms with E-state index in [1.165, 1.54) is 0 Å². The first kappa shape index (κ1) is 15.1. The summed E-state index contributed by atoms with van der Waals surface area (Å²) in [6.45, 7) is 0.272. The first-order valence-corrected chi connectivity index (χ1v) is 5.28. The summed E-state index contributed by atoms with van der Waals surface area (Å²) in [6, 6.07) is 7.12. The summed E-state index contributed by atoms with van der Waals surface area (Å²) < 4.78 is 17.6. The molecule has 0 aliphatic carbocycles. The number of aromatic nitrogens is 4. The van der Waals surface area contributed by atoms with E-state index in [2.05, 4.69) is 20.6 Å². The molecule has 2 rings (SSSR count). The number of tetrazole rings is 1. The van der Waals surface area contributed by atoms with Gasteiger partial charge < -0.3 is 10.5 Å². The van der Waals surface area contributed by atoms with E-state index in [1.54, 1.807) is 24.3 Å². The van der Waals surface area contributed by atoms with Crippen LogP contribution in [0.5, 0.6) is 5.75 Å². The molecule has 0 saturated carbocycles. The molecule has 0 aliphatic heterocycles. The average Bonchev–Trinajstić information content (AvgIpc) is 2.94. The van der Waals surface area contributed by atoms with Gasteiger partial charge in [0, 0.05) is 17.7 Å². The molecule has 2 aromatic rings. The monoisotopic (exact) mass is 285 g/mol. The molecule has 0 spiro atoms.